The molecular formula is C25H24FN. The Morgan fingerprint density at radius 3 is 2.52 bits per heavy atom. The second kappa shape index (κ2) is 7.53. The average molecular weight is 357 g/mol. The molecule has 2 heteroatoms. The summed E-state index contributed by atoms with van der Waals surface area (Å²) in [6, 6.07) is 20.6. The van der Waals surface area contributed by atoms with Gasteiger partial charge in [0.1, 0.15) is 6.17 Å². The normalized spacial score (nSPS) is 18.9. The van der Waals surface area contributed by atoms with Gasteiger partial charge in [0.2, 0.25) is 0 Å². The molecule has 27 heavy (non-hydrogen) atoms. The van der Waals surface area contributed by atoms with Crippen molar-refractivity contribution >= 4 is 10.8 Å². The van der Waals surface area contributed by atoms with E-state index in [0.717, 1.165) is 42.2 Å². The van der Waals surface area contributed by atoms with Crippen LogP contribution in [0.2, 0.25) is 0 Å². The number of benzene rings is 3. The number of halogens is 1. The fraction of sp³-hybridized carbons (Fsp3) is 0.320. The van der Waals surface area contributed by atoms with Crippen LogP contribution in [0.1, 0.15) is 42.9 Å². The van der Waals surface area contributed by atoms with Crippen molar-refractivity contribution in [3.63, 3.8) is 0 Å². The zero-order chi connectivity index (χ0) is 18.8. The minimum absolute atomic E-state index is 0.174. The largest absolute Gasteiger partial charge is 0.247 e. The highest BCUT2D eigenvalue weighted by Gasteiger charge is 2.28. The highest BCUT2D eigenvalue weighted by molar-refractivity contribution is 5.91. The second-order valence-corrected chi connectivity index (χ2v) is 7.65. The van der Waals surface area contributed by atoms with E-state index in [1.807, 2.05) is 24.3 Å². The van der Waals surface area contributed by atoms with Gasteiger partial charge in [-0.1, -0.05) is 56.2 Å². The lowest BCUT2D eigenvalue weighted by atomic mass is 9.78. The Morgan fingerprint density at radius 2 is 1.78 bits per heavy atom. The Kier molecular flexibility index (Phi) is 4.94. The van der Waals surface area contributed by atoms with Crippen LogP contribution in [0, 0.1) is 17.2 Å². The molecule has 0 saturated carbocycles. The molecule has 0 radical (unpaired) electrons. The molecule has 0 aromatic heterocycles. The Balaban J connectivity index is 1.68. The Labute approximate surface area is 160 Å². The summed E-state index contributed by atoms with van der Waals surface area (Å²) >= 11 is 0. The van der Waals surface area contributed by atoms with Crippen LogP contribution in [0.5, 0.6) is 0 Å². The average Bonchev–Trinajstić information content (AvgIpc) is 2.72. The summed E-state index contributed by atoms with van der Waals surface area (Å²) in [5.74, 6) is 0.174. The van der Waals surface area contributed by atoms with Crippen molar-refractivity contribution in [3.05, 3.63) is 71.3 Å². The van der Waals surface area contributed by atoms with E-state index in [-0.39, 0.29) is 5.92 Å². The van der Waals surface area contributed by atoms with Gasteiger partial charge < -0.3 is 0 Å². The van der Waals surface area contributed by atoms with Crippen LogP contribution in [0.4, 0.5) is 4.39 Å². The van der Waals surface area contributed by atoms with E-state index < -0.39 is 6.17 Å². The number of unbranched alkanes of at least 4 members (excludes halogenated alkanes) is 1. The van der Waals surface area contributed by atoms with E-state index >= 15 is 0 Å². The summed E-state index contributed by atoms with van der Waals surface area (Å²) in [6.07, 6.45) is 3.91. The van der Waals surface area contributed by atoms with Crippen molar-refractivity contribution in [2.75, 3.05) is 0 Å². The van der Waals surface area contributed by atoms with E-state index in [1.54, 1.807) is 0 Å². The van der Waals surface area contributed by atoms with Gasteiger partial charge in [-0.25, -0.2) is 4.39 Å². The minimum atomic E-state index is -0.729. The summed E-state index contributed by atoms with van der Waals surface area (Å²) in [7, 11) is 0. The first-order valence-electron chi connectivity index (χ1n) is 9.88. The molecule has 0 spiro atoms. The van der Waals surface area contributed by atoms with Gasteiger partial charge in [-0.15, -0.1) is 0 Å². The number of nitriles is 1. The fourth-order valence-electron chi connectivity index (χ4n) is 4.31. The number of hydrogen-bond acceptors (Lipinski definition) is 1. The maximum atomic E-state index is 14.8. The molecule has 0 aliphatic heterocycles. The quantitative estimate of drug-likeness (QED) is 0.514. The predicted molar refractivity (Wildman–Crippen MR) is 109 cm³/mol. The molecule has 1 nitrogen and oxygen atoms in total. The lowest BCUT2D eigenvalue weighted by molar-refractivity contribution is 0.200. The summed E-state index contributed by atoms with van der Waals surface area (Å²) < 4.78 is 14.8. The van der Waals surface area contributed by atoms with Crippen molar-refractivity contribution < 1.29 is 4.39 Å². The van der Waals surface area contributed by atoms with E-state index in [2.05, 4.69) is 43.3 Å². The molecule has 3 aromatic carbocycles. The van der Waals surface area contributed by atoms with Gasteiger partial charge in [-0.2, -0.15) is 5.26 Å². The molecule has 4 rings (SSSR count). The van der Waals surface area contributed by atoms with Gasteiger partial charge >= 0.3 is 0 Å². The molecule has 0 amide bonds. The number of rotatable bonds is 4. The Morgan fingerprint density at radius 1 is 1.00 bits per heavy atom. The fourth-order valence-corrected chi connectivity index (χ4v) is 4.31. The number of fused-ring (bicyclic) bond motifs is 3. The van der Waals surface area contributed by atoms with Crippen LogP contribution < -0.4 is 0 Å². The van der Waals surface area contributed by atoms with Crippen LogP contribution in [0.3, 0.4) is 0 Å². The van der Waals surface area contributed by atoms with Gasteiger partial charge in [-0.05, 0) is 70.0 Å². The predicted octanol–water partition coefficient (Wildman–Crippen LogP) is 6.62. The van der Waals surface area contributed by atoms with Crippen LogP contribution in [-0.4, -0.2) is 6.17 Å². The smallest absolute Gasteiger partial charge is 0.107 e. The third kappa shape index (κ3) is 3.47. The topological polar surface area (TPSA) is 23.8 Å². The molecule has 0 unspecified atom stereocenters. The van der Waals surface area contributed by atoms with Gasteiger partial charge in [0.25, 0.3) is 0 Å². The highest BCUT2D eigenvalue weighted by Crippen LogP contribution is 2.36. The van der Waals surface area contributed by atoms with E-state index in [0.29, 0.717) is 12.0 Å². The minimum Gasteiger partial charge on any atom is -0.247 e. The van der Waals surface area contributed by atoms with Crippen molar-refractivity contribution in [1.29, 1.82) is 5.26 Å². The first kappa shape index (κ1) is 17.7. The molecule has 1 aliphatic carbocycles. The highest BCUT2D eigenvalue weighted by atomic mass is 19.1. The maximum Gasteiger partial charge on any atom is 0.107 e. The second-order valence-electron chi connectivity index (χ2n) is 7.65. The van der Waals surface area contributed by atoms with Crippen LogP contribution in [0.25, 0.3) is 21.9 Å². The summed E-state index contributed by atoms with van der Waals surface area (Å²) in [5.41, 5.74) is 5.40. The Hall–Kier alpha value is -2.66. The van der Waals surface area contributed by atoms with Crippen LogP contribution in [0.15, 0.2) is 54.6 Å². The molecule has 3 aromatic rings. The molecule has 0 saturated heterocycles. The summed E-state index contributed by atoms with van der Waals surface area (Å²) in [6.45, 7) is 2.17. The van der Waals surface area contributed by atoms with Gasteiger partial charge in [0, 0.05) is 6.42 Å². The molecule has 2 atom stereocenters. The van der Waals surface area contributed by atoms with Gasteiger partial charge in [0.05, 0.1) is 11.6 Å². The molecule has 0 bridgehead atoms. The zero-order valence-electron chi connectivity index (χ0n) is 15.7. The number of alkyl halides is 1. The third-order valence-electron chi connectivity index (χ3n) is 5.90. The zero-order valence-corrected chi connectivity index (χ0v) is 15.7. The van der Waals surface area contributed by atoms with Crippen LogP contribution in [-0.2, 0) is 12.8 Å². The molecule has 0 N–H and O–H groups in total. The SMILES string of the molecule is CCCC[C@H]1Cc2ccc3cc(-c4ccc(C#N)cc4)ccc3c2C[C@@H]1F. The number of hydrogen-bond donors (Lipinski definition) is 0. The van der Waals surface area contributed by atoms with E-state index in [9.17, 15) is 4.39 Å². The summed E-state index contributed by atoms with van der Waals surface area (Å²) in [4.78, 5) is 0. The number of nitrogens with zero attached hydrogens (tertiary/aromatic N) is 1. The lowest BCUT2D eigenvalue weighted by Gasteiger charge is -2.29. The van der Waals surface area contributed by atoms with Crippen molar-refractivity contribution in [3.8, 4) is 17.2 Å². The molecule has 0 fully saturated rings. The maximum absolute atomic E-state index is 14.8. The molecule has 1 aliphatic rings. The molecular weight excluding hydrogens is 333 g/mol. The Bertz CT molecular complexity index is 997. The standard InChI is InChI=1S/C25H24FN/c1-2-3-4-22-14-21-10-9-20-13-19(18-7-5-17(16-27)6-8-18)11-12-23(20)24(21)15-25(22)26/h5-13,22,25H,2-4,14-15H2,1H3/t22-,25-/m0/s1. The van der Waals surface area contributed by atoms with E-state index in [1.165, 1.54) is 16.5 Å². The van der Waals surface area contributed by atoms with Gasteiger partial charge in [-0.3, -0.25) is 0 Å². The van der Waals surface area contributed by atoms with E-state index in [4.69, 9.17) is 5.26 Å². The first-order chi connectivity index (χ1) is 13.2. The van der Waals surface area contributed by atoms with Crippen molar-refractivity contribution in [2.45, 2.75) is 45.2 Å². The summed E-state index contributed by atoms with van der Waals surface area (Å²) in [5, 5.41) is 11.3. The third-order valence-corrected chi connectivity index (χ3v) is 5.90. The molecule has 0 heterocycles. The van der Waals surface area contributed by atoms with Gasteiger partial charge in [0.15, 0.2) is 0 Å². The van der Waals surface area contributed by atoms with Crippen molar-refractivity contribution in [1.82, 2.24) is 0 Å². The van der Waals surface area contributed by atoms with Crippen LogP contribution >= 0.6 is 0 Å². The lowest BCUT2D eigenvalue weighted by Crippen LogP contribution is -2.27. The first-order valence-corrected chi connectivity index (χ1v) is 9.88. The van der Waals surface area contributed by atoms with Crippen molar-refractivity contribution in [2.24, 2.45) is 5.92 Å². The molecule has 136 valence electrons. The monoisotopic (exact) mass is 357 g/mol.